The van der Waals surface area contributed by atoms with Gasteiger partial charge in [-0.2, -0.15) is 0 Å². The molecule has 2 heterocycles. The van der Waals surface area contributed by atoms with Crippen LogP contribution in [0.1, 0.15) is 40.0 Å². The molecule has 0 aromatic heterocycles. The highest BCUT2D eigenvalue weighted by Crippen LogP contribution is 2.53. The Labute approximate surface area is 73.7 Å². The van der Waals surface area contributed by atoms with Crippen molar-refractivity contribution in [3.8, 4) is 0 Å². The van der Waals surface area contributed by atoms with E-state index in [0.717, 1.165) is 19.3 Å². The molecule has 1 aliphatic carbocycles. The van der Waals surface area contributed by atoms with Crippen LogP contribution in [-0.2, 0) is 4.79 Å². The Bertz CT molecular complexity index is 220. The lowest BCUT2D eigenvalue weighted by atomic mass is 9.62. The van der Waals surface area contributed by atoms with Gasteiger partial charge in [0, 0.05) is 6.04 Å². The summed E-state index contributed by atoms with van der Waals surface area (Å²) >= 11 is 0. The van der Waals surface area contributed by atoms with Crippen molar-refractivity contribution < 1.29 is 4.79 Å². The van der Waals surface area contributed by atoms with E-state index in [-0.39, 0.29) is 10.8 Å². The Morgan fingerprint density at radius 3 is 2.42 bits per heavy atom. The third-order valence-corrected chi connectivity index (χ3v) is 2.96. The first-order valence-electron chi connectivity index (χ1n) is 4.72. The number of carbonyl (C=O) groups is 1. The molecule has 12 heavy (non-hydrogen) atoms. The van der Waals surface area contributed by atoms with E-state index in [4.69, 9.17) is 0 Å². The number of amides is 1. The lowest BCUT2D eigenvalue weighted by Gasteiger charge is -2.39. The topological polar surface area (TPSA) is 29.1 Å². The van der Waals surface area contributed by atoms with Crippen LogP contribution < -0.4 is 5.32 Å². The van der Waals surface area contributed by atoms with E-state index in [1.165, 1.54) is 0 Å². The first-order valence-corrected chi connectivity index (χ1v) is 4.72. The third kappa shape index (κ3) is 1.05. The standard InChI is InChI=1S/C10H17NO/c1-9(2,3)6-10-4-7(5-10)11-8(10)12/h7H,4-6H2,1-3H3,(H,11,12). The molecule has 0 unspecified atom stereocenters. The lowest BCUT2D eigenvalue weighted by Crippen LogP contribution is -2.38. The Hall–Kier alpha value is -0.530. The molecule has 3 rings (SSSR count). The van der Waals surface area contributed by atoms with E-state index in [2.05, 4.69) is 26.1 Å². The maximum atomic E-state index is 11.5. The highest BCUT2D eigenvalue weighted by atomic mass is 16.2. The molecular formula is C10H17NO. The second kappa shape index (κ2) is 2.04. The van der Waals surface area contributed by atoms with Crippen LogP contribution in [-0.4, -0.2) is 11.9 Å². The molecule has 0 aromatic carbocycles. The van der Waals surface area contributed by atoms with Crippen LogP contribution in [0, 0.1) is 10.8 Å². The SMILES string of the molecule is CC(C)(C)CC12CC(C1)NC2=O. The average Bonchev–Trinajstić information content (AvgIpc) is 2.14. The van der Waals surface area contributed by atoms with Gasteiger partial charge in [0.2, 0.25) is 5.91 Å². The Morgan fingerprint density at radius 2 is 2.08 bits per heavy atom. The van der Waals surface area contributed by atoms with Gasteiger partial charge in [-0.15, -0.1) is 0 Å². The number of nitrogens with one attached hydrogen (secondary N) is 1. The van der Waals surface area contributed by atoms with Gasteiger partial charge >= 0.3 is 0 Å². The maximum absolute atomic E-state index is 11.5. The minimum Gasteiger partial charge on any atom is -0.353 e. The van der Waals surface area contributed by atoms with Crippen molar-refractivity contribution in [2.24, 2.45) is 10.8 Å². The molecule has 2 aliphatic heterocycles. The Kier molecular flexibility index (Phi) is 1.37. The number of carbonyl (C=O) groups excluding carboxylic acids is 1. The fourth-order valence-corrected chi connectivity index (χ4v) is 2.75. The Morgan fingerprint density at radius 1 is 1.50 bits per heavy atom. The van der Waals surface area contributed by atoms with Gasteiger partial charge in [-0.1, -0.05) is 20.8 Å². The smallest absolute Gasteiger partial charge is 0.226 e. The maximum Gasteiger partial charge on any atom is 0.226 e. The summed E-state index contributed by atoms with van der Waals surface area (Å²) in [6, 6.07) is 0.514. The van der Waals surface area contributed by atoms with Crippen LogP contribution in [0.15, 0.2) is 0 Å². The second-order valence-electron chi connectivity index (χ2n) is 5.60. The van der Waals surface area contributed by atoms with Gasteiger partial charge in [0.05, 0.1) is 5.41 Å². The van der Waals surface area contributed by atoms with Crippen molar-refractivity contribution in [1.29, 1.82) is 0 Å². The van der Waals surface area contributed by atoms with Crippen LogP contribution in [0.2, 0.25) is 0 Å². The summed E-state index contributed by atoms with van der Waals surface area (Å²) < 4.78 is 0. The number of hydrogen-bond acceptors (Lipinski definition) is 1. The van der Waals surface area contributed by atoms with Crippen LogP contribution in [0.4, 0.5) is 0 Å². The first-order chi connectivity index (χ1) is 5.41. The third-order valence-electron chi connectivity index (χ3n) is 2.96. The van der Waals surface area contributed by atoms with E-state index < -0.39 is 0 Å². The summed E-state index contributed by atoms with van der Waals surface area (Å²) in [6.07, 6.45) is 3.22. The normalized spacial score (nSPS) is 39.2. The zero-order valence-corrected chi connectivity index (χ0v) is 8.11. The average molecular weight is 167 g/mol. The minimum atomic E-state index is 0.0307. The molecular weight excluding hydrogens is 150 g/mol. The fourth-order valence-electron chi connectivity index (χ4n) is 2.75. The van der Waals surface area contributed by atoms with Crippen LogP contribution >= 0.6 is 0 Å². The molecule has 2 nitrogen and oxygen atoms in total. The number of rotatable bonds is 1. The molecule has 0 aromatic rings. The quantitative estimate of drug-likeness (QED) is 0.632. The summed E-state index contributed by atoms with van der Waals surface area (Å²) in [5.74, 6) is 0.308. The molecule has 3 fully saturated rings. The summed E-state index contributed by atoms with van der Waals surface area (Å²) in [5.41, 5.74) is 0.315. The van der Waals surface area contributed by atoms with E-state index in [9.17, 15) is 4.79 Å². The second-order valence-corrected chi connectivity index (χ2v) is 5.60. The van der Waals surface area contributed by atoms with Crippen molar-refractivity contribution in [2.75, 3.05) is 0 Å². The van der Waals surface area contributed by atoms with Crippen molar-refractivity contribution in [3.63, 3.8) is 0 Å². The van der Waals surface area contributed by atoms with E-state index in [0.29, 0.717) is 11.9 Å². The molecule has 0 radical (unpaired) electrons. The van der Waals surface area contributed by atoms with Gasteiger partial charge < -0.3 is 5.32 Å². The first kappa shape index (κ1) is 8.09. The molecule has 0 atom stereocenters. The summed E-state index contributed by atoms with van der Waals surface area (Å²) in [5, 5.41) is 3.02. The van der Waals surface area contributed by atoms with Crippen LogP contribution in [0.25, 0.3) is 0 Å². The number of hydrogen-bond donors (Lipinski definition) is 1. The van der Waals surface area contributed by atoms with E-state index in [1.54, 1.807) is 0 Å². The monoisotopic (exact) mass is 167 g/mol. The molecule has 68 valence electrons. The van der Waals surface area contributed by atoms with Gasteiger partial charge in [0.15, 0.2) is 0 Å². The van der Waals surface area contributed by atoms with Crippen molar-refractivity contribution >= 4 is 5.91 Å². The Balaban J connectivity index is 2.09. The van der Waals surface area contributed by atoms with Crippen molar-refractivity contribution in [1.82, 2.24) is 5.32 Å². The molecule has 3 aliphatic rings. The zero-order chi connectivity index (χ0) is 8.98. The largest absolute Gasteiger partial charge is 0.353 e. The summed E-state index contributed by atoms with van der Waals surface area (Å²) in [7, 11) is 0. The van der Waals surface area contributed by atoms with E-state index in [1.807, 2.05) is 0 Å². The molecule has 1 N–H and O–H groups in total. The molecule has 2 bridgehead atoms. The zero-order valence-electron chi connectivity index (χ0n) is 8.11. The summed E-state index contributed by atoms with van der Waals surface area (Å²) in [6.45, 7) is 6.63. The number of fused-ring (bicyclic) bond motifs is 1. The van der Waals surface area contributed by atoms with Crippen LogP contribution in [0.3, 0.4) is 0 Å². The molecule has 0 spiro atoms. The van der Waals surface area contributed by atoms with Crippen molar-refractivity contribution in [2.45, 2.75) is 46.1 Å². The molecule has 1 saturated carbocycles. The predicted molar refractivity (Wildman–Crippen MR) is 47.7 cm³/mol. The fraction of sp³-hybridized carbons (Fsp3) is 0.900. The van der Waals surface area contributed by atoms with Gasteiger partial charge in [0.1, 0.15) is 0 Å². The predicted octanol–water partition coefficient (Wildman–Crippen LogP) is 1.70. The summed E-state index contributed by atoms with van der Waals surface area (Å²) in [4.78, 5) is 11.5. The van der Waals surface area contributed by atoms with Gasteiger partial charge in [-0.05, 0) is 24.7 Å². The molecule has 2 heteroatoms. The van der Waals surface area contributed by atoms with Crippen LogP contribution in [0.5, 0.6) is 0 Å². The van der Waals surface area contributed by atoms with E-state index >= 15 is 0 Å². The van der Waals surface area contributed by atoms with Gasteiger partial charge in [0.25, 0.3) is 0 Å². The molecule has 1 amide bonds. The highest BCUT2D eigenvalue weighted by molar-refractivity contribution is 5.88. The lowest BCUT2D eigenvalue weighted by molar-refractivity contribution is -0.128. The minimum absolute atomic E-state index is 0.0307. The van der Waals surface area contributed by atoms with Gasteiger partial charge in [-0.3, -0.25) is 4.79 Å². The molecule has 2 saturated heterocycles. The van der Waals surface area contributed by atoms with Crippen molar-refractivity contribution in [3.05, 3.63) is 0 Å². The highest BCUT2D eigenvalue weighted by Gasteiger charge is 2.58. The van der Waals surface area contributed by atoms with Gasteiger partial charge in [-0.25, -0.2) is 0 Å².